The van der Waals surface area contributed by atoms with Crippen LogP contribution in [0.2, 0.25) is 0 Å². The number of hydrogen-bond donors (Lipinski definition) is 0. The van der Waals surface area contributed by atoms with Crippen molar-refractivity contribution in [2.24, 2.45) is 0 Å². The van der Waals surface area contributed by atoms with Crippen LogP contribution in [0.3, 0.4) is 0 Å². The van der Waals surface area contributed by atoms with E-state index in [2.05, 4.69) is 0 Å². The third-order valence-electron chi connectivity index (χ3n) is 13.3. The zero-order valence-corrected chi connectivity index (χ0v) is 37.7. The Morgan fingerprint density at radius 2 is 0.792 bits per heavy atom. The summed E-state index contributed by atoms with van der Waals surface area (Å²) in [5.41, 5.74) is 4.75. The van der Waals surface area contributed by atoms with E-state index in [4.69, 9.17) is 9.97 Å². The Hall–Kier alpha value is -9.27. The van der Waals surface area contributed by atoms with Gasteiger partial charge in [-0.15, -0.1) is 0 Å². The number of halogens is 6. The van der Waals surface area contributed by atoms with Gasteiger partial charge in [-0.05, 0) is 71.8 Å². The molecule has 12 aromatic rings. The van der Waals surface area contributed by atoms with Crippen LogP contribution in [0.4, 0.5) is 26.3 Å². The Morgan fingerprint density at radius 1 is 0.375 bits per heavy atom. The summed E-state index contributed by atoms with van der Waals surface area (Å²) in [6.45, 7) is 0. The average molecular weight is 952 g/mol. The van der Waals surface area contributed by atoms with Gasteiger partial charge in [0.25, 0.3) is 0 Å². The molecule has 0 saturated carbocycles. The normalized spacial score (nSPS) is 12.0. The van der Waals surface area contributed by atoms with Gasteiger partial charge in [-0.2, -0.15) is 31.6 Å². The van der Waals surface area contributed by atoms with Crippen LogP contribution in [0, 0.1) is 11.3 Å². The highest BCUT2D eigenvalue weighted by Gasteiger charge is 2.42. The van der Waals surface area contributed by atoms with Crippen molar-refractivity contribution in [2.45, 2.75) is 12.4 Å². The molecule has 0 bridgehead atoms. The van der Waals surface area contributed by atoms with Gasteiger partial charge >= 0.3 is 12.4 Å². The van der Waals surface area contributed by atoms with Gasteiger partial charge in [-0.1, -0.05) is 140 Å². The largest absolute Gasteiger partial charge is 0.417 e. The fraction of sp³-hybridized carbons (Fsp3) is 0.0328. The summed E-state index contributed by atoms with van der Waals surface area (Å²) in [6.07, 6.45) is -6.87. The van der Waals surface area contributed by atoms with E-state index in [1.165, 1.54) is 12.1 Å². The number of nitriles is 1. The molecule has 11 heteroatoms. The lowest BCUT2D eigenvalue weighted by molar-refractivity contribution is -0.142. The van der Waals surface area contributed by atoms with Crippen molar-refractivity contribution in [3.63, 3.8) is 0 Å². The Bertz CT molecular complexity index is 4080. The van der Waals surface area contributed by atoms with Crippen LogP contribution in [0.15, 0.2) is 213 Å². The molecule has 0 spiro atoms. The molecule has 4 aromatic heterocycles. The van der Waals surface area contributed by atoms with Crippen molar-refractivity contribution in [2.75, 3.05) is 0 Å². The number of pyridine rings is 2. The SMILES string of the molecule is N#Cc1cc(-n2c3ccccc3c3ccc(-c4ccc(-c5ccccc5)nc4)cc32)c(-n2c3ccccc3c3ccc(-c4ccc(-c5ccccc5)nc4)cc32)cc1-c1c(C(F)(F)F)cccc1C(F)(F)F. The zero-order chi connectivity index (χ0) is 49.3. The molecule has 0 atom stereocenters. The minimum absolute atomic E-state index is 0.233. The van der Waals surface area contributed by atoms with Gasteiger partial charge < -0.3 is 9.13 Å². The van der Waals surface area contributed by atoms with Crippen molar-refractivity contribution in [1.29, 1.82) is 5.26 Å². The molecular formula is C61H35F6N5. The van der Waals surface area contributed by atoms with E-state index in [0.29, 0.717) is 39.9 Å². The molecule has 0 saturated heterocycles. The van der Waals surface area contributed by atoms with E-state index in [1.54, 1.807) is 12.4 Å². The molecule has 0 amide bonds. The molecule has 12 rings (SSSR count). The Balaban J connectivity index is 1.17. The van der Waals surface area contributed by atoms with Crippen molar-refractivity contribution in [3.8, 4) is 73.3 Å². The van der Waals surface area contributed by atoms with E-state index < -0.39 is 34.6 Å². The fourth-order valence-corrected chi connectivity index (χ4v) is 10.1. The summed E-state index contributed by atoms with van der Waals surface area (Å²) in [6, 6.07) is 61.1. The predicted octanol–water partition coefficient (Wildman–Crippen LogP) is 16.9. The average Bonchev–Trinajstić information content (AvgIpc) is 3.92. The van der Waals surface area contributed by atoms with Gasteiger partial charge in [0.05, 0.1) is 67.6 Å². The van der Waals surface area contributed by atoms with Crippen LogP contribution < -0.4 is 0 Å². The van der Waals surface area contributed by atoms with Gasteiger partial charge in [0.1, 0.15) is 0 Å². The molecule has 0 fully saturated rings. The fourth-order valence-electron chi connectivity index (χ4n) is 10.1. The third kappa shape index (κ3) is 7.43. The maximum Gasteiger partial charge on any atom is 0.417 e. The lowest BCUT2D eigenvalue weighted by Crippen LogP contribution is -2.15. The molecule has 72 heavy (non-hydrogen) atoms. The van der Waals surface area contributed by atoms with Crippen LogP contribution in [0.1, 0.15) is 16.7 Å². The minimum Gasteiger partial charge on any atom is -0.307 e. The van der Waals surface area contributed by atoms with E-state index in [9.17, 15) is 5.26 Å². The zero-order valence-electron chi connectivity index (χ0n) is 37.7. The molecule has 346 valence electrons. The second-order valence-electron chi connectivity index (χ2n) is 17.5. The number of rotatable bonds is 7. The molecule has 0 aliphatic heterocycles. The number of fused-ring (bicyclic) bond motifs is 6. The molecule has 5 nitrogen and oxygen atoms in total. The number of alkyl halides is 6. The molecule has 0 aliphatic rings. The van der Waals surface area contributed by atoms with Crippen LogP contribution in [-0.2, 0) is 12.4 Å². The first-order valence-corrected chi connectivity index (χ1v) is 22.9. The molecule has 4 heterocycles. The first-order chi connectivity index (χ1) is 34.9. The topological polar surface area (TPSA) is 59.4 Å². The Kier molecular flexibility index (Phi) is 10.4. The number of benzene rings is 8. The standard InChI is InChI=1S/C61H35F6N5/c62-60(63,64)49-18-11-19-50(61(65,66)67)59(49)48-33-58(72-54-21-10-8-17-45(54)47-27-23-40(31-56(47)72)42-25-29-52(70-36-42)38-14-5-2-6-15-38)57(32-43(48)34-68)71-53-20-9-7-16-44(53)46-26-22-39(30-55(46)71)41-24-28-51(69-35-41)37-12-3-1-4-13-37/h1-33,35-36H. The van der Waals surface area contributed by atoms with Crippen LogP contribution >= 0.6 is 0 Å². The van der Waals surface area contributed by atoms with Crippen molar-refractivity contribution >= 4 is 43.6 Å². The number of para-hydroxylation sites is 2. The number of hydrogen-bond acceptors (Lipinski definition) is 3. The van der Waals surface area contributed by atoms with Gasteiger partial charge in [0, 0.05) is 67.3 Å². The maximum atomic E-state index is 15.1. The molecule has 8 aromatic carbocycles. The van der Waals surface area contributed by atoms with Crippen molar-refractivity contribution < 1.29 is 26.3 Å². The molecule has 0 N–H and O–H groups in total. The van der Waals surface area contributed by atoms with Gasteiger partial charge in [-0.3, -0.25) is 9.97 Å². The summed E-state index contributed by atoms with van der Waals surface area (Å²) < 4.78 is 94.6. The summed E-state index contributed by atoms with van der Waals surface area (Å²) in [5, 5.41) is 14.2. The van der Waals surface area contributed by atoms with E-state index in [0.717, 1.165) is 72.4 Å². The Morgan fingerprint density at radius 3 is 1.22 bits per heavy atom. The molecule has 0 aliphatic carbocycles. The van der Waals surface area contributed by atoms with E-state index in [-0.39, 0.29) is 11.3 Å². The molecular weight excluding hydrogens is 917 g/mol. The second kappa shape index (κ2) is 17.0. The minimum atomic E-state index is -5.22. The van der Waals surface area contributed by atoms with Crippen molar-refractivity contribution in [1.82, 2.24) is 19.1 Å². The lowest BCUT2D eigenvalue weighted by atomic mass is 9.89. The summed E-state index contributed by atoms with van der Waals surface area (Å²) in [7, 11) is 0. The Labute approximate surface area is 407 Å². The van der Waals surface area contributed by atoms with Gasteiger partial charge in [-0.25, -0.2) is 0 Å². The highest BCUT2D eigenvalue weighted by molar-refractivity contribution is 6.13. The molecule has 0 radical (unpaired) electrons. The maximum absolute atomic E-state index is 15.1. The highest BCUT2D eigenvalue weighted by Crippen LogP contribution is 2.48. The highest BCUT2D eigenvalue weighted by atomic mass is 19.4. The van der Waals surface area contributed by atoms with Gasteiger partial charge in [0.2, 0.25) is 0 Å². The first-order valence-electron chi connectivity index (χ1n) is 22.9. The summed E-state index contributed by atoms with van der Waals surface area (Å²) in [4.78, 5) is 9.55. The van der Waals surface area contributed by atoms with Crippen LogP contribution in [0.25, 0.3) is 111 Å². The smallest absolute Gasteiger partial charge is 0.307 e. The predicted molar refractivity (Wildman–Crippen MR) is 273 cm³/mol. The third-order valence-corrected chi connectivity index (χ3v) is 13.3. The number of aromatic nitrogens is 4. The first kappa shape index (κ1) is 44.0. The summed E-state index contributed by atoms with van der Waals surface area (Å²) >= 11 is 0. The number of nitrogens with zero attached hydrogens (tertiary/aromatic N) is 5. The quantitative estimate of drug-likeness (QED) is 0.150. The monoisotopic (exact) mass is 951 g/mol. The van der Waals surface area contributed by atoms with E-state index >= 15 is 26.3 Å². The van der Waals surface area contributed by atoms with Crippen LogP contribution in [0.5, 0.6) is 0 Å². The van der Waals surface area contributed by atoms with E-state index in [1.807, 2.05) is 185 Å². The second-order valence-corrected chi connectivity index (χ2v) is 17.5. The van der Waals surface area contributed by atoms with Gasteiger partial charge in [0.15, 0.2) is 0 Å². The van der Waals surface area contributed by atoms with Crippen LogP contribution in [-0.4, -0.2) is 19.1 Å². The lowest BCUT2D eigenvalue weighted by Gasteiger charge is -2.23. The van der Waals surface area contributed by atoms with Crippen molar-refractivity contribution in [3.05, 3.63) is 229 Å². The summed E-state index contributed by atoms with van der Waals surface area (Å²) in [5.74, 6) is 0. The molecule has 0 unspecified atom stereocenters.